The molecule has 0 spiro atoms. The van der Waals surface area contributed by atoms with Crippen molar-refractivity contribution >= 4 is 0 Å². The van der Waals surface area contributed by atoms with Crippen molar-refractivity contribution in [2.75, 3.05) is 0 Å². The Hall–Kier alpha value is -1.11. The molecule has 3 aliphatic rings. The normalized spacial score (nSPS) is 35.6. The first-order valence-electron chi connectivity index (χ1n) is 12.5. The maximum Gasteiger partial charge on any atom is 0.126 e. The number of hydrogen-bond acceptors (Lipinski definition) is 0. The first-order chi connectivity index (χ1) is 14.1. The van der Waals surface area contributed by atoms with Gasteiger partial charge >= 0.3 is 0 Å². The maximum atomic E-state index is 14.6. The third-order valence-corrected chi connectivity index (χ3v) is 8.72. The van der Waals surface area contributed by atoms with Gasteiger partial charge in [-0.15, -0.1) is 0 Å². The number of halogens is 1. The van der Waals surface area contributed by atoms with Gasteiger partial charge in [0.15, 0.2) is 0 Å². The Labute approximate surface area is 178 Å². The predicted molar refractivity (Wildman–Crippen MR) is 122 cm³/mol. The van der Waals surface area contributed by atoms with Crippen LogP contribution >= 0.6 is 0 Å². The van der Waals surface area contributed by atoms with Crippen molar-refractivity contribution in [3.05, 3.63) is 47.3 Å². The molecule has 0 saturated heterocycles. The van der Waals surface area contributed by atoms with Crippen LogP contribution in [0.5, 0.6) is 0 Å². The lowest BCUT2D eigenvalue weighted by Crippen LogP contribution is -2.34. The van der Waals surface area contributed by atoms with Crippen molar-refractivity contribution in [1.82, 2.24) is 0 Å². The van der Waals surface area contributed by atoms with E-state index in [2.05, 4.69) is 19.1 Å². The van der Waals surface area contributed by atoms with E-state index in [1.807, 2.05) is 25.1 Å². The molecule has 0 aromatic heterocycles. The highest BCUT2D eigenvalue weighted by Crippen LogP contribution is 2.49. The second kappa shape index (κ2) is 9.80. The molecule has 160 valence electrons. The van der Waals surface area contributed by atoms with E-state index in [0.717, 1.165) is 48.0 Å². The number of fused-ring (bicyclic) bond motifs is 1. The molecule has 3 fully saturated rings. The molecule has 1 aromatic carbocycles. The van der Waals surface area contributed by atoms with Crippen LogP contribution in [0.3, 0.4) is 0 Å². The Morgan fingerprint density at radius 2 is 1.52 bits per heavy atom. The van der Waals surface area contributed by atoms with Crippen LogP contribution in [-0.4, -0.2) is 0 Å². The molecule has 0 heterocycles. The van der Waals surface area contributed by atoms with Crippen LogP contribution < -0.4 is 0 Å². The monoisotopic (exact) mass is 396 g/mol. The summed E-state index contributed by atoms with van der Waals surface area (Å²) in [7, 11) is 0. The third kappa shape index (κ3) is 5.15. The summed E-state index contributed by atoms with van der Waals surface area (Å²) in [6, 6.07) is 6.11. The van der Waals surface area contributed by atoms with Crippen molar-refractivity contribution in [3.8, 4) is 0 Å². The van der Waals surface area contributed by atoms with Crippen LogP contribution in [0, 0.1) is 35.4 Å². The van der Waals surface area contributed by atoms with Crippen LogP contribution in [0.4, 0.5) is 4.39 Å². The lowest BCUT2D eigenvalue weighted by atomic mass is 9.61. The molecule has 4 atom stereocenters. The summed E-state index contributed by atoms with van der Waals surface area (Å²) in [6.45, 7) is 4.48. The topological polar surface area (TPSA) is 0 Å². The lowest BCUT2D eigenvalue weighted by molar-refractivity contribution is 0.0672. The molecule has 1 aromatic rings. The minimum absolute atomic E-state index is 0.0129. The average Bonchev–Trinajstić information content (AvgIpc) is 2.75. The van der Waals surface area contributed by atoms with Gasteiger partial charge in [-0.05, 0) is 130 Å². The second-order valence-electron chi connectivity index (χ2n) is 10.6. The summed E-state index contributed by atoms with van der Waals surface area (Å²) < 4.78 is 14.6. The number of hydrogen-bond donors (Lipinski definition) is 0. The number of aryl methyl sites for hydroxylation is 1. The highest BCUT2D eigenvalue weighted by Gasteiger charge is 2.38. The summed E-state index contributed by atoms with van der Waals surface area (Å²) in [4.78, 5) is 0. The highest BCUT2D eigenvalue weighted by molar-refractivity contribution is 5.28. The van der Waals surface area contributed by atoms with Gasteiger partial charge in [0.05, 0.1) is 0 Å². The molecule has 29 heavy (non-hydrogen) atoms. The molecule has 0 radical (unpaired) electrons. The van der Waals surface area contributed by atoms with Crippen LogP contribution in [0.15, 0.2) is 30.4 Å². The van der Waals surface area contributed by atoms with Crippen molar-refractivity contribution in [1.29, 1.82) is 0 Å². The lowest BCUT2D eigenvalue weighted by Gasteiger charge is -2.45. The zero-order chi connectivity index (χ0) is 20.2. The highest BCUT2D eigenvalue weighted by atomic mass is 19.1. The van der Waals surface area contributed by atoms with Gasteiger partial charge in [0.1, 0.15) is 5.82 Å². The standard InChI is InChI=1S/C28H41F/c1-3-4-5-6-23-13-14-27(19-28(23)29)22-11-9-21(10-12-22)25-16-15-24-17-20(2)7-8-26(24)18-25/h3-4,13-14,19-22,24-26H,5-12,15-18H2,1-2H3/b4-3+. The number of rotatable bonds is 5. The zero-order valence-corrected chi connectivity index (χ0v) is 18.7. The largest absolute Gasteiger partial charge is 0.207 e. The first-order valence-corrected chi connectivity index (χ1v) is 12.5. The van der Waals surface area contributed by atoms with Crippen molar-refractivity contribution < 1.29 is 4.39 Å². The Balaban J connectivity index is 1.29. The molecule has 0 N–H and O–H groups in total. The summed E-state index contributed by atoms with van der Waals surface area (Å²) >= 11 is 0. The second-order valence-corrected chi connectivity index (χ2v) is 10.6. The third-order valence-electron chi connectivity index (χ3n) is 8.72. The Bertz CT molecular complexity index is 682. The van der Waals surface area contributed by atoms with E-state index in [4.69, 9.17) is 0 Å². The van der Waals surface area contributed by atoms with E-state index >= 15 is 0 Å². The van der Waals surface area contributed by atoms with E-state index < -0.39 is 0 Å². The fourth-order valence-corrected chi connectivity index (χ4v) is 6.94. The summed E-state index contributed by atoms with van der Waals surface area (Å²) in [5, 5.41) is 0. The first kappa shape index (κ1) is 21.1. The molecule has 4 rings (SSSR count). The SMILES string of the molecule is C/C=C/CCc1ccc(C2CCC(C3CCC4CC(C)CCC4C3)CC2)cc1F. The Kier molecular flexibility index (Phi) is 7.14. The Morgan fingerprint density at radius 1 is 0.862 bits per heavy atom. The molecule has 4 unspecified atom stereocenters. The molecule has 3 aliphatic carbocycles. The van der Waals surface area contributed by atoms with Crippen LogP contribution in [0.2, 0.25) is 0 Å². The molecule has 0 aliphatic heterocycles. The Morgan fingerprint density at radius 3 is 2.24 bits per heavy atom. The molecule has 0 nitrogen and oxygen atoms in total. The predicted octanol–water partition coefficient (Wildman–Crippen LogP) is 8.46. The van der Waals surface area contributed by atoms with E-state index in [1.165, 1.54) is 69.8 Å². The van der Waals surface area contributed by atoms with Crippen molar-refractivity contribution in [2.24, 2.45) is 29.6 Å². The van der Waals surface area contributed by atoms with Crippen LogP contribution in [0.1, 0.15) is 102 Å². The van der Waals surface area contributed by atoms with Crippen LogP contribution in [0.25, 0.3) is 0 Å². The van der Waals surface area contributed by atoms with Gasteiger partial charge in [0.25, 0.3) is 0 Å². The van der Waals surface area contributed by atoms with Gasteiger partial charge < -0.3 is 0 Å². The molecule has 3 saturated carbocycles. The van der Waals surface area contributed by atoms with Crippen LogP contribution in [-0.2, 0) is 6.42 Å². The number of allylic oxidation sites excluding steroid dienone is 2. The average molecular weight is 397 g/mol. The van der Waals surface area contributed by atoms with Crippen molar-refractivity contribution in [2.45, 2.75) is 96.8 Å². The van der Waals surface area contributed by atoms with Gasteiger partial charge in [-0.3, -0.25) is 0 Å². The fraction of sp³-hybridized carbons (Fsp3) is 0.714. The molecule has 0 amide bonds. The minimum atomic E-state index is 0.0129. The fourth-order valence-electron chi connectivity index (χ4n) is 6.94. The molecular weight excluding hydrogens is 355 g/mol. The van der Waals surface area contributed by atoms with E-state index in [-0.39, 0.29) is 5.82 Å². The smallest absolute Gasteiger partial charge is 0.126 e. The quantitative estimate of drug-likeness (QED) is 0.438. The minimum Gasteiger partial charge on any atom is -0.207 e. The zero-order valence-electron chi connectivity index (χ0n) is 18.7. The summed E-state index contributed by atoms with van der Waals surface area (Å²) in [5.41, 5.74) is 2.12. The summed E-state index contributed by atoms with van der Waals surface area (Å²) in [5.74, 6) is 5.56. The molecule has 0 bridgehead atoms. The van der Waals surface area contributed by atoms with Crippen molar-refractivity contribution in [3.63, 3.8) is 0 Å². The van der Waals surface area contributed by atoms with Gasteiger partial charge in [0.2, 0.25) is 0 Å². The van der Waals surface area contributed by atoms with E-state index in [9.17, 15) is 4.39 Å². The van der Waals surface area contributed by atoms with Gasteiger partial charge in [-0.2, -0.15) is 0 Å². The maximum absolute atomic E-state index is 14.6. The van der Waals surface area contributed by atoms with E-state index in [0.29, 0.717) is 5.92 Å². The number of benzene rings is 1. The van der Waals surface area contributed by atoms with Gasteiger partial charge in [0, 0.05) is 0 Å². The van der Waals surface area contributed by atoms with Gasteiger partial charge in [-0.1, -0.05) is 37.6 Å². The van der Waals surface area contributed by atoms with Gasteiger partial charge in [-0.25, -0.2) is 4.39 Å². The van der Waals surface area contributed by atoms with E-state index in [1.54, 1.807) is 0 Å². The molecule has 1 heteroatoms. The summed E-state index contributed by atoms with van der Waals surface area (Å²) in [6.07, 6.45) is 20.2. The molecular formula is C28H41F.